The summed E-state index contributed by atoms with van der Waals surface area (Å²) in [4.78, 5) is 31.8. The first kappa shape index (κ1) is 15.8. The fourth-order valence-corrected chi connectivity index (χ4v) is 3.66. The van der Waals surface area contributed by atoms with Crippen molar-refractivity contribution in [3.63, 3.8) is 0 Å². The number of pyridine rings is 1. The summed E-state index contributed by atoms with van der Waals surface area (Å²) in [7, 11) is 0. The second-order valence-electron chi connectivity index (χ2n) is 7.64. The third kappa shape index (κ3) is 2.90. The largest absolute Gasteiger partial charge is 0.397 e. The Hall–Kier alpha value is -2.11. The maximum Gasteiger partial charge on any atom is 0.330 e. The number of H-pyrrole nitrogens is 1. The zero-order chi connectivity index (χ0) is 16.8. The highest BCUT2D eigenvalue weighted by Gasteiger charge is 2.31. The number of hydrogen-bond acceptors (Lipinski definition) is 4. The number of rotatable bonds is 1. The molecule has 0 spiro atoms. The van der Waals surface area contributed by atoms with Gasteiger partial charge >= 0.3 is 5.69 Å². The molecule has 6 nitrogen and oxygen atoms in total. The maximum absolute atomic E-state index is 12.7. The molecule has 23 heavy (non-hydrogen) atoms. The maximum atomic E-state index is 12.7. The number of nitrogens with one attached hydrogen (secondary N) is 1. The summed E-state index contributed by atoms with van der Waals surface area (Å²) in [6, 6.07) is 1.54. The summed E-state index contributed by atoms with van der Waals surface area (Å²) < 4.78 is 1.36. The molecule has 0 atom stereocenters. The van der Waals surface area contributed by atoms with Crippen LogP contribution in [0, 0.1) is 11.3 Å². The van der Waals surface area contributed by atoms with E-state index in [1.165, 1.54) is 10.8 Å². The SMILES string of the molecule is CC(C)(C)[C@H]1CC[C@@H](n2c(=O)[nH]c3ncc(N)cc3c2=O)CC1. The zero-order valence-electron chi connectivity index (χ0n) is 13.9. The van der Waals surface area contributed by atoms with Crippen molar-refractivity contribution in [3.05, 3.63) is 33.1 Å². The number of fused-ring (bicyclic) bond motifs is 1. The fraction of sp³-hybridized carbons (Fsp3) is 0.588. The van der Waals surface area contributed by atoms with Crippen molar-refractivity contribution in [1.82, 2.24) is 14.5 Å². The number of aromatic nitrogens is 3. The van der Waals surface area contributed by atoms with Gasteiger partial charge < -0.3 is 5.73 Å². The smallest absolute Gasteiger partial charge is 0.330 e. The summed E-state index contributed by atoms with van der Waals surface area (Å²) in [5.74, 6) is 0.631. The zero-order valence-corrected chi connectivity index (χ0v) is 13.9. The van der Waals surface area contributed by atoms with Gasteiger partial charge in [0, 0.05) is 6.04 Å². The summed E-state index contributed by atoms with van der Waals surface area (Å²) in [5.41, 5.74) is 6.05. The Kier molecular flexibility index (Phi) is 3.78. The molecule has 3 N–H and O–H groups in total. The predicted octanol–water partition coefficient (Wildman–Crippen LogP) is 2.44. The first-order valence-electron chi connectivity index (χ1n) is 8.17. The summed E-state index contributed by atoms with van der Waals surface area (Å²) in [6.45, 7) is 6.75. The minimum Gasteiger partial charge on any atom is -0.397 e. The van der Waals surface area contributed by atoms with Crippen molar-refractivity contribution >= 4 is 16.7 Å². The molecule has 2 aromatic rings. The number of nitrogen functional groups attached to an aromatic ring is 1. The predicted molar refractivity (Wildman–Crippen MR) is 91.5 cm³/mol. The molecule has 0 aliphatic heterocycles. The van der Waals surface area contributed by atoms with E-state index in [9.17, 15) is 9.59 Å². The molecule has 124 valence electrons. The molecule has 0 amide bonds. The standard InChI is InChI=1S/C17H24N4O2/c1-17(2,3)10-4-6-12(7-5-10)21-15(22)13-8-11(18)9-19-14(13)20-16(21)23/h8-10,12H,4-7,18H2,1-3H3,(H,19,20,23)/t10-,12+. The van der Waals surface area contributed by atoms with Crippen molar-refractivity contribution in [3.8, 4) is 0 Å². The lowest BCUT2D eigenvalue weighted by Crippen LogP contribution is -2.40. The average Bonchev–Trinajstić information content (AvgIpc) is 2.48. The Labute approximate surface area is 134 Å². The highest BCUT2D eigenvalue weighted by Crippen LogP contribution is 2.40. The van der Waals surface area contributed by atoms with E-state index < -0.39 is 0 Å². The molecule has 0 bridgehead atoms. The number of aromatic amines is 1. The second-order valence-corrected chi connectivity index (χ2v) is 7.64. The number of nitrogens with two attached hydrogens (primary N) is 1. The van der Waals surface area contributed by atoms with Crippen LogP contribution in [0.2, 0.25) is 0 Å². The Bertz CT molecular complexity index is 836. The minimum atomic E-state index is -0.376. The molecule has 1 fully saturated rings. The molecular formula is C17H24N4O2. The van der Waals surface area contributed by atoms with Crippen molar-refractivity contribution in [2.45, 2.75) is 52.5 Å². The molecule has 0 unspecified atom stereocenters. The van der Waals surface area contributed by atoms with Crippen LogP contribution >= 0.6 is 0 Å². The van der Waals surface area contributed by atoms with E-state index in [0.717, 1.165) is 25.7 Å². The van der Waals surface area contributed by atoms with E-state index in [2.05, 4.69) is 30.7 Å². The molecule has 3 rings (SSSR count). The van der Waals surface area contributed by atoms with Gasteiger partial charge in [-0.25, -0.2) is 9.78 Å². The van der Waals surface area contributed by atoms with Crippen molar-refractivity contribution < 1.29 is 0 Å². The molecule has 2 heterocycles. The van der Waals surface area contributed by atoms with Gasteiger partial charge in [-0.2, -0.15) is 0 Å². The Morgan fingerprint density at radius 1 is 1.22 bits per heavy atom. The minimum absolute atomic E-state index is 0.0457. The van der Waals surface area contributed by atoms with E-state index in [1.807, 2.05) is 0 Å². The van der Waals surface area contributed by atoms with E-state index in [0.29, 0.717) is 22.6 Å². The van der Waals surface area contributed by atoms with Gasteiger partial charge in [0.05, 0.1) is 17.3 Å². The van der Waals surface area contributed by atoms with Crippen LogP contribution in [-0.4, -0.2) is 14.5 Å². The summed E-state index contributed by atoms with van der Waals surface area (Å²) in [6.07, 6.45) is 5.22. The van der Waals surface area contributed by atoms with Gasteiger partial charge in [-0.1, -0.05) is 20.8 Å². The quantitative estimate of drug-likeness (QED) is 0.845. The van der Waals surface area contributed by atoms with Gasteiger partial charge in [0.1, 0.15) is 5.65 Å². The molecule has 0 aromatic carbocycles. The first-order valence-corrected chi connectivity index (χ1v) is 8.17. The van der Waals surface area contributed by atoms with Gasteiger partial charge in [0.15, 0.2) is 0 Å². The molecule has 2 aromatic heterocycles. The summed E-state index contributed by atoms with van der Waals surface area (Å²) >= 11 is 0. The molecular weight excluding hydrogens is 292 g/mol. The molecule has 0 saturated heterocycles. The van der Waals surface area contributed by atoms with Crippen LogP contribution in [0.5, 0.6) is 0 Å². The van der Waals surface area contributed by atoms with Gasteiger partial charge in [-0.15, -0.1) is 0 Å². The Morgan fingerprint density at radius 2 is 1.87 bits per heavy atom. The van der Waals surface area contributed by atoms with Gasteiger partial charge in [0.2, 0.25) is 0 Å². The number of nitrogens with zero attached hydrogens (tertiary/aromatic N) is 2. The monoisotopic (exact) mass is 316 g/mol. The van der Waals surface area contributed by atoms with E-state index in [4.69, 9.17) is 5.73 Å². The van der Waals surface area contributed by atoms with Crippen LogP contribution in [0.1, 0.15) is 52.5 Å². The van der Waals surface area contributed by atoms with E-state index >= 15 is 0 Å². The van der Waals surface area contributed by atoms with Crippen LogP contribution < -0.4 is 17.0 Å². The van der Waals surface area contributed by atoms with Crippen LogP contribution in [0.3, 0.4) is 0 Å². The van der Waals surface area contributed by atoms with E-state index in [-0.39, 0.29) is 22.7 Å². The summed E-state index contributed by atoms with van der Waals surface area (Å²) in [5, 5.41) is 0.377. The molecule has 1 saturated carbocycles. The van der Waals surface area contributed by atoms with Crippen molar-refractivity contribution in [2.75, 3.05) is 5.73 Å². The Balaban J connectivity index is 1.98. The van der Waals surface area contributed by atoms with Gasteiger partial charge in [-0.3, -0.25) is 14.3 Å². The molecule has 1 aliphatic rings. The Morgan fingerprint density at radius 3 is 2.48 bits per heavy atom. The highest BCUT2D eigenvalue weighted by molar-refractivity contribution is 5.76. The molecule has 1 aliphatic carbocycles. The third-order valence-corrected chi connectivity index (χ3v) is 5.09. The fourth-order valence-electron chi connectivity index (χ4n) is 3.66. The lowest BCUT2D eigenvalue weighted by atomic mass is 9.71. The lowest BCUT2D eigenvalue weighted by molar-refractivity contribution is 0.149. The number of hydrogen-bond donors (Lipinski definition) is 2. The van der Waals surface area contributed by atoms with Crippen molar-refractivity contribution in [1.29, 1.82) is 0 Å². The molecule has 6 heteroatoms. The van der Waals surface area contributed by atoms with Gasteiger partial charge in [0.25, 0.3) is 5.56 Å². The average molecular weight is 316 g/mol. The van der Waals surface area contributed by atoms with Crippen molar-refractivity contribution in [2.24, 2.45) is 11.3 Å². The van der Waals surface area contributed by atoms with Crippen LogP contribution in [0.15, 0.2) is 21.9 Å². The van der Waals surface area contributed by atoms with Gasteiger partial charge in [-0.05, 0) is 43.1 Å². The van der Waals surface area contributed by atoms with Crippen LogP contribution in [0.4, 0.5) is 5.69 Å². The topological polar surface area (TPSA) is 93.8 Å². The third-order valence-electron chi connectivity index (χ3n) is 5.09. The normalized spacial score (nSPS) is 22.4. The first-order chi connectivity index (χ1) is 10.8. The van der Waals surface area contributed by atoms with E-state index in [1.54, 1.807) is 6.07 Å². The highest BCUT2D eigenvalue weighted by atomic mass is 16.2. The second kappa shape index (κ2) is 5.51. The molecule has 0 radical (unpaired) electrons. The lowest BCUT2D eigenvalue weighted by Gasteiger charge is -2.37. The van der Waals surface area contributed by atoms with Crippen LogP contribution in [0.25, 0.3) is 11.0 Å². The van der Waals surface area contributed by atoms with Crippen LogP contribution in [-0.2, 0) is 0 Å². The number of anilines is 1.